The molecule has 0 saturated heterocycles. The SMILES string of the molecule is CN(NC(N)=O)c1ccc(OC(F)F)cc1. The highest BCUT2D eigenvalue weighted by Crippen LogP contribution is 2.18. The number of nitrogens with zero attached hydrogens (tertiary/aromatic N) is 1. The van der Waals surface area contributed by atoms with E-state index in [9.17, 15) is 13.6 Å². The molecule has 1 aromatic rings. The van der Waals surface area contributed by atoms with Crippen LogP contribution in [0.2, 0.25) is 0 Å². The van der Waals surface area contributed by atoms with E-state index < -0.39 is 12.6 Å². The zero-order valence-corrected chi connectivity index (χ0v) is 8.48. The lowest BCUT2D eigenvalue weighted by atomic mass is 10.3. The number of hydrogen-bond donors (Lipinski definition) is 2. The zero-order valence-electron chi connectivity index (χ0n) is 8.48. The average molecular weight is 231 g/mol. The van der Waals surface area contributed by atoms with Crippen LogP contribution in [0.25, 0.3) is 0 Å². The molecule has 88 valence electrons. The Labute approximate surface area is 90.8 Å². The van der Waals surface area contributed by atoms with Crippen LogP contribution < -0.4 is 20.9 Å². The molecule has 0 bridgehead atoms. The summed E-state index contributed by atoms with van der Waals surface area (Å²) < 4.78 is 27.9. The fraction of sp³-hybridized carbons (Fsp3) is 0.222. The first-order valence-electron chi connectivity index (χ1n) is 4.33. The van der Waals surface area contributed by atoms with E-state index in [1.54, 1.807) is 7.05 Å². The van der Waals surface area contributed by atoms with Gasteiger partial charge in [-0.05, 0) is 24.3 Å². The van der Waals surface area contributed by atoms with Gasteiger partial charge in [0.1, 0.15) is 5.75 Å². The highest BCUT2D eigenvalue weighted by Gasteiger charge is 2.05. The predicted octanol–water partition coefficient (Wildman–Crippen LogP) is 1.31. The summed E-state index contributed by atoms with van der Waals surface area (Å²) in [5, 5.41) is 1.36. The molecule has 16 heavy (non-hydrogen) atoms. The molecular weight excluding hydrogens is 220 g/mol. The number of ether oxygens (including phenoxy) is 1. The van der Waals surface area contributed by atoms with Gasteiger partial charge in [-0.3, -0.25) is 5.01 Å². The highest BCUT2D eigenvalue weighted by molar-refractivity contribution is 5.73. The summed E-state index contributed by atoms with van der Waals surface area (Å²) >= 11 is 0. The van der Waals surface area contributed by atoms with Crippen LogP contribution in [-0.2, 0) is 0 Å². The summed E-state index contributed by atoms with van der Waals surface area (Å²) in [5.41, 5.74) is 7.80. The van der Waals surface area contributed by atoms with Crippen molar-refractivity contribution >= 4 is 11.7 Å². The number of nitrogens with two attached hydrogens (primary N) is 1. The van der Waals surface area contributed by atoms with Crippen LogP contribution in [0.1, 0.15) is 0 Å². The molecule has 0 unspecified atom stereocenters. The summed E-state index contributed by atoms with van der Waals surface area (Å²) in [7, 11) is 1.56. The molecule has 7 heteroatoms. The molecule has 0 saturated carbocycles. The zero-order chi connectivity index (χ0) is 12.1. The smallest absolute Gasteiger partial charge is 0.387 e. The Hall–Kier alpha value is -2.05. The van der Waals surface area contributed by atoms with Gasteiger partial charge in [0, 0.05) is 7.05 Å². The molecule has 0 radical (unpaired) electrons. The fourth-order valence-electron chi connectivity index (χ4n) is 1.08. The monoisotopic (exact) mass is 231 g/mol. The number of rotatable bonds is 4. The number of carbonyl (C=O) groups excluding carboxylic acids is 1. The molecule has 0 spiro atoms. The number of nitrogens with one attached hydrogen (secondary N) is 1. The Kier molecular flexibility index (Phi) is 3.87. The summed E-state index contributed by atoms with van der Waals surface area (Å²) in [6.07, 6.45) is 0. The number of halogens is 2. The molecule has 5 nitrogen and oxygen atoms in total. The molecule has 0 aliphatic rings. The van der Waals surface area contributed by atoms with Crippen molar-refractivity contribution in [1.29, 1.82) is 0 Å². The van der Waals surface area contributed by atoms with Crippen molar-refractivity contribution in [3.63, 3.8) is 0 Å². The Morgan fingerprint density at radius 2 is 2.00 bits per heavy atom. The lowest BCUT2D eigenvalue weighted by molar-refractivity contribution is -0.0498. The van der Waals surface area contributed by atoms with Gasteiger partial charge in [0.25, 0.3) is 0 Å². The van der Waals surface area contributed by atoms with Crippen LogP contribution in [0.5, 0.6) is 5.75 Å². The molecule has 0 atom stereocenters. The van der Waals surface area contributed by atoms with E-state index >= 15 is 0 Å². The maximum atomic E-state index is 11.8. The van der Waals surface area contributed by atoms with Crippen molar-refractivity contribution in [3.05, 3.63) is 24.3 Å². The van der Waals surface area contributed by atoms with Gasteiger partial charge in [-0.2, -0.15) is 8.78 Å². The number of amides is 2. The van der Waals surface area contributed by atoms with Crippen LogP contribution in [0.15, 0.2) is 24.3 Å². The van der Waals surface area contributed by atoms with Crippen molar-refractivity contribution in [2.24, 2.45) is 5.73 Å². The summed E-state index contributed by atoms with van der Waals surface area (Å²) in [6.45, 7) is -2.85. The van der Waals surface area contributed by atoms with Crippen LogP contribution in [0, 0.1) is 0 Å². The second-order valence-corrected chi connectivity index (χ2v) is 2.91. The van der Waals surface area contributed by atoms with Gasteiger partial charge in [-0.1, -0.05) is 0 Å². The number of hydrazine groups is 1. The van der Waals surface area contributed by atoms with E-state index in [1.807, 2.05) is 0 Å². The van der Waals surface area contributed by atoms with E-state index in [4.69, 9.17) is 5.73 Å². The van der Waals surface area contributed by atoms with Gasteiger partial charge in [0.05, 0.1) is 5.69 Å². The number of primary amides is 1. The molecule has 3 N–H and O–H groups in total. The fourth-order valence-corrected chi connectivity index (χ4v) is 1.08. The molecule has 0 aromatic heterocycles. The molecule has 2 amide bonds. The second-order valence-electron chi connectivity index (χ2n) is 2.91. The Morgan fingerprint density at radius 3 is 2.44 bits per heavy atom. The van der Waals surface area contributed by atoms with Gasteiger partial charge in [0.15, 0.2) is 0 Å². The predicted molar refractivity (Wildman–Crippen MR) is 54.2 cm³/mol. The molecule has 0 aliphatic heterocycles. The van der Waals surface area contributed by atoms with Crippen molar-refractivity contribution in [1.82, 2.24) is 5.43 Å². The third-order valence-electron chi connectivity index (χ3n) is 1.73. The van der Waals surface area contributed by atoms with E-state index in [0.717, 1.165) is 0 Å². The Morgan fingerprint density at radius 1 is 1.44 bits per heavy atom. The van der Waals surface area contributed by atoms with Crippen molar-refractivity contribution in [3.8, 4) is 5.75 Å². The quantitative estimate of drug-likeness (QED) is 0.767. The van der Waals surface area contributed by atoms with Crippen molar-refractivity contribution in [2.75, 3.05) is 12.1 Å². The topological polar surface area (TPSA) is 67.6 Å². The Balaban J connectivity index is 2.66. The van der Waals surface area contributed by atoms with Crippen LogP contribution >= 0.6 is 0 Å². The lowest BCUT2D eigenvalue weighted by Crippen LogP contribution is -2.42. The molecular formula is C9H11F2N3O2. The summed E-state index contributed by atoms with van der Waals surface area (Å²) in [6, 6.07) is 5.03. The van der Waals surface area contributed by atoms with E-state index in [2.05, 4.69) is 10.2 Å². The lowest BCUT2D eigenvalue weighted by Gasteiger charge is -2.18. The molecule has 0 heterocycles. The largest absolute Gasteiger partial charge is 0.435 e. The number of alkyl halides is 2. The van der Waals surface area contributed by atoms with E-state index in [1.165, 1.54) is 29.3 Å². The third-order valence-corrected chi connectivity index (χ3v) is 1.73. The molecule has 1 aromatic carbocycles. The number of benzene rings is 1. The van der Waals surface area contributed by atoms with Gasteiger partial charge >= 0.3 is 12.6 Å². The number of hydrogen-bond acceptors (Lipinski definition) is 3. The van der Waals surface area contributed by atoms with E-state index in [0.29, 0.717) is 5.69 Å². The molecule has 1 rings (SSSR count). The average Bonchev–Trinajstić information content (AvgIpc) is 2.16. The Bertz CT molecular complexity index is 356. The van der Waals surface area contributed by atoms with Crippen molar-refractivity contribution < 1.29 is 18.3 Å². The number of anilines is 1. The molecule has 0 fully saturated rings. The minimum Gasteiger partial charge on any atom is -0.435 e. The van der Waals surface area contributed by atoms with Gasteiger partial charge in [-0.15, -0.1) is 0 Å². The summed E-state index contributed by atoms with van der Waals surface area (Å²) in [5.74, 6) is 0.0474. The van der Waals surface area contributed by atoms with Crippen LogP contribution in [-0.4, -0.2) is 19.7 Å². The minimum absolute atomic E-state index is 0.0474. The van der Waals surface area contributed by atoms with Gasteiger partial charge < -0.3 is 10.5 Å². The second kappa shape index (κ2) is 5.15. The molecule has 0 aliphatic carbocycles. The number of carbonyl (C=O) groups is 1. The maximum Gasteiger partial charge on any atom is 0.387 e. The third kappa shape index (κ3) is 3.60. The first kappa shape index (κ1) is 12.0. The maximum absolute atomic E-state index is 11.8. The first-order chi connectivity index (χ1) is 7.49. The van der Waals surface area contributed by atoms with Crippen LogP contribution in [0.4, 0.5) is 19.3 Å². The van der Waals surface area contributed by atoms with Gasteiger partial charge in [-0.25, -0.2) is 10.2 Å². The number of urea groups is 1. The van der Waals surface area contributed by atoms with Crippen molar-refractivity contribution in [2.45, 2.75) is 6.61 Å². The standard InChI is InChI=1S/C9H11F2N3O2/c1-14(13-9(12)15)6-2-4-7(5-3-6)16-8(10)11/h2-5,8H,1H3,(H3,12,13,15). The first-order valence-corrected chi connectivity index (χ1v) is 4.33. The van der Waals surface area contributed by atoms with E-state index in [-0.39, 0.29) is 5.75 Å². The highest BCUT2D eigenvalue weighted by atomic mass is 19.3. The minimum atomic E-state index is -2.85. The van der Waals surface area contributed by atoms with Gasteiger partial charge in [0.2, 0.25) is 0 Å². The summed E-state index contributed by atoms with van der Waals surface area (Å²) in [4.78, 5) is 10.5. The van der Waals surface area contributed by atoms with Crippen LogP contribution in [0.3, 0.4) is 0 Å². The normalized spacial score (nSPS) is 10.0.